The fourth-order valence-corrected chi connectivity index (χ4v) is 1.49. The Balaban J connectivity index is 2.66. The third-order valence-electron chi connectivity index (χ3n) is 2.09. The molecule has 0 atom stereocenters. The summed E-state index contributed by atoms with van der Waals surface area (Å²) in [5.41, 5.74) is 1.26. The van der Waals surface area contributed by atoms with Gasteiger partial charge < -0.3 is 4.98 Å². The van der Waals surface area contributed by atoms with Crippen LogP contribution in [0.4, 0.5) is 0 Å². The summed E-state index contributed by atoms with van der Waals surface area (Å²) in [6.07, 6.45) is 1.66. The summed E-state index contributed by atoms with van der Waals surface area (Å²) in [6, 6.07) is 1.80. The van der Waals surface area contributed by atoms with Crippen LogP contribution in [0.5, 0.6) is 0 Å². The van der Waals surface area contributed by atoms with Gasteiger partial charge in [0.1, 0.15) is 10.2 Å². The molecule has 2 aromatic rings. The Morgan fingerprint density at radius 2 is 2.27 bits per heavy atom. The van der Waals surface area contributed by atoms with Crippen molar-refractivity contribution in [3.05, 3.63) is 32.8 Å². The molecule has 0 amide bonds. The zero-order valence-electron chi connectivity index (χ0n) is 8.28. The lowest BCUT2D eigenvalue weighted by Gasteiger charge is -2.03. The average Bonchev–Trinajstić information content (AvgIpc) is 2.60. The number of aromatic amines is 1. The number of rotatable bonds is 1. The molecule has 0 aliphatic heterocycles. The topological polar surface area (TPSA) is 63.6 Å². The molecule has 0 saturated heterocycles. The SMILES string of the molecule is Cc1nc(-c2ccnn2C)[nH]c(=O)c1Br. The van der Waals surface area contributed by atoms with Gasteiger partial charge in [0.2, 0.25) is 0 Å². The van der Waals surface area contributed by atoms with Crippen LogP contribution in [0.2, 0.25) is 0 Å². The van der Waals surface area contributed by atoms with Gasteiger partial charge in [-0.2, -0.15) is 5.10 Å². The first-order chi connectivity index (χ1) is 7.09. The number of nitrogens with zero attached hydrogens (tertiary/aromatic N) is 3. The highest BCUT2D eigenvalue weighted by atomic mass is 79.9. The quantitative estimate of drug-likeness (QED) is 0.847. The van der Waals surface area contributed by atoms with Crippen molar-refractivity contribution >= 4 is 15.9 Å². The molecule has 0 saturated carbocycles. The molecule has 0 fully saturated rings. The average molecular weight is 269 g/mol. The molecule has 78 valence electrons. The summed E-state index contributed by atoms with van der Waals surface area (Å²) in [6.45, 7) is 1.78. The highest BCUT2D eigenvalue weighted by Crippen LogP contribution is 2.14. The number of hydrogen-bond donors (Lipinski definition) is 1. The van der Waals surface area contributed by atoms with Gasteiger partial charge in [-0.25, -0.2) is 4.98 Å². The van der Waals surface area contributed by atoms with Gasteiger partial charge in [0.05, 0.1) is 5.69 Å². The van der Waals surface area contributed by atoms with Crippen LogP contribution in [0.15, 0.2) is 21.5 Å². The molecule has 0 aromatic carbocycles. The van der Waals surface area contributed by atoms with E-state index in [1.165, 1.54) is 0 Å². The normalized spacial score (nSPS) is 10.6. The Morgan fingerprint density at radius 1 is 1.53 bits per heavy atom. The maximum atomic E-state index is 11.5. The van der Waals surface area contributed by atoms with E-state index in [2.05, 4.69) is 31.0 Å². The van der Waals surface area contributed by atoms with Crippen molar-refractivity contribution in [2.75, 3.05) is 0 Å². The van der Waals surface area contributed by atoms with E-state index in [4.69, 9.17) is 0 Å². The van der Waals surface area contributed by atoms with Crippen molar-refractivity contribution in [1.29, 1.82) is 0 Å². The molecular formula is C9H9BrN4O. The van der Waals surface area contributed by atoms with E-state index in [1.54, 1.807) is 30.9 Å². The Bertz CT molecular complexity index is 557. The standard InChI is InChI=1S/C9H9BrN4O/c1-5-7(10)9(15)13-8(12-5)6-3-4-11-14(6)2/h3-4H,1-2H3,(H,12,13,15). The van der Waals surface area contributed by atoms with Gasteiger partial charge in [-0.3, -0.25) is 9.48 Å². The monoisotopic (exact) mass is 268 g/mol. The minimum atomic E-state index is -0.182. The van der Waals surface area contributed by atoms with Crippen LogP contribution in [0.25, 0.3) is 11.5 Å². The van der Waals surface area contributed by atoms with E-state index in [-0.39, 0.29) is 5.56 Å². The van der Waals surface area contributed by atoms with E-state index < -0.39 is 0 Å². The predicted octanol–water partition coefficient (Wildman–Crippen LogP) is 1.24. The minimum Gasteiger partial charge on any atom is -0.304 e. The molecule has 1 N–H and O–H groups in total. The maximum absolute atomic E-state index is 11.5. The van der Waals surface area contributed by atoms with Crippen LogP contribution < -0.4 is 5.56 Å². The van der Waals surface area contributed by atoms with Gasteiger partial charge in [0.25, 0.3) is 5.56 Å². The molecule has 0 aliphatic rings. The lowest BCUT2D eigenvalue weighted by atomic mass is 10.3. The molecule has 0 radical (unpaired) electrons. The van der Waals surface area contributed by atoms with Crippen LogP contribution in [0, 0.1) is 6.92 Å². The Labute approximate surface area is 94.3 Å². The maximum Gasteiger partial charge on any atom is 0.265 e. The molecule has 15 heavy (non-hydrogen) atoms. The van der Waals surface area contributed by atoms with Crippen molar-refractivity contribution in [2.45, 2.75) is 6.92 Å². The highest BCUT2D eigenvalue weighted by Gasteiger charge is 2.09. The third-order valence-corrected chi connectivity index (χ3v) is 3.03. The van der Waals surface area contributed by atoms with Gasteiger partial charge in [-0.05, 0) is 28.9 Å². The summed E-state index contributed by atoms with van der Waals surface area (Å²) in [5.74, 6) is 0.528. The van der Waals surface area contributed by atoms with Crippen LogP contribution in [-0.2, 0) is 7.05 Å². The number of halogens is 1. The highest BCUT2D eigenvalue weighted by molar-refractivity contribution is 9.10. The van der Waals surface area contributed by atoms with Crippen LogP contribution >= 0.6 is 15.9 Å². The van der Waals surface area contributed by atoms with E-state index in [0.29, 0.717) is 16.0 Å². The van der Waals surface area contributed by atoms with Gasteiger partial charge in [0, 0.05) is 13.2 Å². The molecule has 0 aliphatic carbocycles. The summed E-state index contributed by atoms with van der Waals surface area (Å²) in [7, 11) is 1.80. The second-order valence-corrected chi connectivity index (χ2v) is 3.95. The first-order valence-corrected chi connectivity index (χ1v) is 5.13. The first-order valence-electron chi connectivity index (χ1n) is 4.34. The number of aryl methyl sites for hydroxylation is 2. The molecule has 2 heterocycles. The lowest BCUT2D eigenvalue weighted by Crippen LogP contribution is -2.13. The summed E-state index contributed by atoms with van der Waals surface area (Å²) < 4.78 is 2.12. The molecule has 2 rings (SSSR count). The molecule has 6 heteroatoms. The number of H-pyrrole nitrogens is 1. The van der Waals surface area contributed by atoms with Crippen molar-refractivity contribution in [1.82, 2.24) is 19.7 Å². The fourth-order valence-electron chi connectivity index (χ4n) is 1.30. The molecule has 0 spiro atoms. The van der Waals surface area contributed by atoms with E-state index >= 15 is 0 Å². The molecule has 0 bridgehead atoms. The van der Waals surface area contributed by atoms with Crippen LogP contribution in [0.1, 0.15) is 5.69 Å². The van der Waals surface area contributed by atoms with E-state index in [1.807, 2.05) is 0 Å². The van der Waals surface area contributed by atoms with Crippen LogP contribution in [0.3, 0.4) is 0 Å². The summed E-state index contributed by atoms with van der Waals surface area (Å²) in [5, 5.41) is 4.02. The predicted molar refractivity (Wildman–Crippen MR) is 59.5 cm³/mol. The third kappa shape index (κ3) is 1.72. The summed E-state index contributed by atoms with van der Waals surface area (Å²) in [4.78, 5) is 18.5. The zero-order valence-corrected chi connectivity index (χ0v) is 9.87. The van der Waals surface area contributed by atoms with Crippen molar-refractivity contribution in [3.63, 3.8) is 0 Å². The van der Waals surface area contributed by atoms with Gasteiger partial charge in [-0.15, -0.1) is 0 Å². The van der Waals surface area contributed by atoms with Crippen molar-refractivity contribution in [3.8, 4) is 11.5 Å². The van der Waals surface area contributed by atoms with Gasteiger partial charge >= 0.3 is 0 Å². The minimum absolute atomic E-state index is 0.182. The Hall–Kier alpha value is -1.43. The van der Waals surface area contributed by atoms with Crippen molar-refractivity contribution < 1.29 is 0 Å². The molecular weight excluding hydrogens is 260 g/mol. The first kappa shape index (κ1) is 10.1. The lowest BCUT2D eigenvalue weighted by molar-refractivity contribution is 0.768. The smallest absolute Gasteiger partial charge is 0.265 e. The number of hydrogen-bond acceptors (Lipinski definition) is 3. The summed E-state index contributed by atoms with van der Waals surface area (Å²) >= 11 is 3.17. The second kappa shape index (κ2) is 3.62. The number of nitrogens with one attached hydrogen (secondary N) is 1. The van der Waals surface area contributed by atoms with Gasteiger partial charge in [-0.1, -0.05) is 0 Å². The Morgan fingerprint density at radius 3 is 2.80 bits per heavy atom. The largest absolute Gasteiger partial charge is 0.304 e. The van der Waals surface area contributed by atoms with Crippen molar-refractivity contribution in [2.24, 2.45) is 7.05 Å². The molecule has 2 aromatic heterocycles. The molecule has 5 nitrogen and oxygen atoms in total. The van der Waals surface area contributed by atoms with E-state index in [9.17, 15) is 4.79 Å². The van der Waals surface area contributed by atoms with E-state index in [0.717, 1.165) is 5.69 Å². The zero-order chi connectivity index (χ0) is 11.0. The fraction of sp³-hybridized carbons (Fsp3) is 0.222. The van der Waals surface area contributed by atoms with Gasteiger partial charge in [0.15, 0.2) is 5.82 Å². The van der Waals surface area contributed by atoms with Crippen LogP contribution in [-0.4, -0.2) is 19.7 Å². The number of aromatic nitrogens is 4. The molecule has 0 unspecified atom stereocenters. The second-order valence-electron chi connectivity index (χ2n) is 3.15. The Kier molecular flexibility index (Phi) is 2.44.